The molecule has 2 fully saturated rings. The van der Waals surface area contributed by atoms with Gasteiger partial charge in [-0.05, 0) is 11.8 Å². The first-order chi connectivity index (χ1) is 4.27. The Labute approximate surface area is 57.6 Å². The Bertz CT molecular complexity index is 161. The van der Waals surface area contributed by atoms with Crippen LogP contribution in [0.2, 0.25) is 0 Å². The van der Waals surface area contributed by atoms with E-state index in [-0.39, 0.29) is 18.1 Å². The Hall–Kier alpha value is -0.280. The predicted molar refractivity (Wildman–Crippen MR) is 30.8 cm³/mol. The average molecular weight is 148 g/mol. The lowest BCUT2D eigenvalue weighted by atomic mass is 10.2. The lowest BCUT2D eigenvalue weighted by Crippen LogP contribution is -2.33. The first-order valence-electron chi connectivity index (χ1n) is 2.90. The van der Waals surface area contributed by atoms with Crippen LogP contribution in [0.5, 0.6) is 0 Å². The molecule has 2 rings (SSSR count). The summed E-state index contributed by atoms with van der Waals surface area (Å²) in [6, 6.07) is -0.156. The van der Waals surface area contributed by atoms with Crippen LogP contribution in [0.25, 0.3) is 0 Å². The van der Waals surface area contributed by atoms with Gasteiger partial charge in [0.25, 0.3) is 0 Å². The van der Waals surface area contributed by atoms with Crippen molar-refractivity contribution in [3.63, 3.8) is 0 Å². The summed E-state index contributed by atoms with van der Waals surface area (Å²) in [6.07, 6.45) is 0.850. The van der Waals surface area contributed by atoms with Gasteiger partial charge in [0.15, 0.2) is 0 Å². The predicted octanol–water partition coefficient (Wildman–Crippen LogP) is 0.140. The lowest BCUT2D eigenvalue weighted by Gasteiger charge is -2.17. The molecule has 0 amide bonds. The molecule has 50 valence electrons. The normalized spacial score (nSPS) is 41.7. The first kappa shape index (κ1) is 5.50. The minimum atomic E-state index is -0.166. The van der Waals surface area contributed by atoms with Crippen molar-refractivity contribution in [2.45, 2.75) is 18.6 Å². The monoisotopic (exact) mass is 147 g/mol. The van der Waals surface area contributed by atoms with Crippen LogP contribution in [0.15, 0.2) is 0 Å². The summed E-state index contributed by atoms with van der Waals surface area (Å²) < 4.78 is 6.39. The number of halogens is 1. The van der Waals surface area contributed by atoms with Gasteiger partial charge >= 0.3 is 5.97 Å². The molecule has 2 heterocycles. The molecule has 2 aliphatic heterocycles. The molecule has 0 radical (unpaired) electrons. The van der Waals surface area contributed by atoms with E-state index < -0.39 is 0 Å². The van der Waals surface area contributed by atoms with Gasteiger partial charge in [-0.15, -0.1) is 0 Å². The summed E-state index contributed by atoms with van der Waals surface area (Å²) in [6.45, 7) is 0.692. The van der Waals surface area contributed by atoms with Crippen molar-refractivity contribution in [2.24, 2.45) is 0 Å². The van der Waals surface area contributed by atoms with E-state index in [4.69, 9.17) is 16.5 Å². The fraction of sp³-hybridized carbons (Fsp3) is 0.800. The van der Waals surface area contributed by atoms with Crippen molar-refractivity contribution >= 4 is 17.7 Å². The highest BCUT2D eigenvalue weighted by Crippen LogP contribution is 2.29. The van der Waals surface area contributed by atoms with Crippen molar-refractivity contribution < 1.29 is 9.53 Å². The molecule has 2 aliphatic rings. The van der Waals surface area contributed by atoms with E-state index in [0.29, 0.717) is 6.54 Å². The maximum absolute atomic E-state index is 10.7. The van der Waals surface area contributed by atoms with Gasteiger partial charge in [0.2, 0.25) is 0 Å². The Morgan fingerprint density at radius 3 is 2.89 bits per heavy atom. The van der Waals surface area contributed by atoms with Crippen molar-refractivity contribution in [1.29, 1.82) is 0 Å². The zero-order valence-electron chi connectivity index (χ0n) is 4.71. The molecule has 0 saturated carbocycles. The minimum Gasteiger partial charge on any atom is -0.460 e. The zero-order chi connectivity index (χ0) is 6.43. The number of carbonyl (C=O) groups excluding carboxylic acids is 1. The van der Waals surface area contributed by atoms with Gasteiger partial charge in [-0.3, -0.25) is 4.79 Å². The van der Waals surface area contributed by atoms with Crippen molar-refractivity contribution in [3.8, 4) is 0 Å². The highest BCUT2D eigenvalue weighted by Gasteiger charge is 2.45. The first-order valence-corrected chi connectivity index (χ1v) is 3.24. The second-order valence-corrected chi connectivity index (χ2v) is 2.83. The fourth-order valence-corrected chi connectivity index (χ4v) is 1.61. The number of ether oxygens (including phenoxy) is 1. The molecule has 0 aromatic carbocycles. The zero-order valence-corrected chi connectivity index (χ0v) is 5.47. The van der Waals surface area contributed by atoms with Crippen LogP contribution in [0.3, 0.4) is 0 Å². The highest BCUT2D eigenvalue weighted by atomic mass is 35.5. The van der Waals surface area contributed by atoms with E-state index in [2.05, 4.69) is 0 Å². The second kappa shape index (κ2) is 1.61. The number of morpholine rings is 1. The van der Waals surface area contributed by atoms with E-state index >= 15 is 0 Å². The van der Waals surface area contributed by atoms with Gasteiger partial charge in [-0.1, -0.05) is 0 Å². The van der Waals surface area contributed by atoms with Crippen LogP contribution in [0.4, 0.5) is 0 Å². The maximum Gasteiger partial charge on any atom is 0.325 e. The lowest BCUT2D eigenvalue weighted by molar-refractivity contribution is -0.148. The SMILES string of the molecule is O=C1O[C@H]2C[C@@H]1N(Cl)C2. The molecule has 0 spiro atoms. The number of fused-ring (bicyclic) bond motifs is 2. The molecular weight excluding hydrogens is 142 g/mol. The van der Waals surface area contributed by atoms with Crippen molar-refractivity contribution in [1.82, 2.24) is 4.42 Å². The third-order valence-corrected chi connectivity index (χ3v) is 2.13. The minimum absolute atomic E-state index is 0.0694. The topological polar surface area (TPSA) is 29.5 Å². The van der Waals surface area contributed by atoms with Gasteiger partial charge in [0.05, 0.1) is 6.54 Å². The van der Waals surface area contributed by atoms with Gasteiger partial charge in [-0.2, -0.15) is 0 Å². The number of hydrogen-bond donors (Lipinski definition) is 0. The van der Waals surface area contributed by atoms with Crippen LogP contribution >= 0.6 is 11.8 Å². The number of nitrogens with zero attached hydrogens (tertiary/aromatic N) is 1. The largest absolute Gasteiger partial charge is 0.460 e. The molecule has 0 aromatic rings. The molecule has 0 N–H and O–H groups in total. The summed E-state index contributed by atoms with van der Waals surface area (Å²) in [5.74, 6) is -0.166. The van der Waals surface area contributed by atoms with Crippen LogP contribution < -0.4 is 0 Å². The highest BCUT2D eigenvalue weighted by molar-refractivity contribution is 6.15. The molecule has 2 bridgehead atoms. The third kappa shape index (κ3) is 0.650. The summed E-state index contributed by atoms with van der Waals surface area (Å²) in [5.41, 5.74) is 0. The standard InChI is InChI=1S/C5H6ClNO2/c6-7-2-3-1-4(7)5(8)9-3/h3-4H,1-2H2/t3-,4-/m0/s1. The summed E-state index contributed by atoms with van der Waals surface area (Å²) in [7, 11) is 0. The van der Waals surface area contributed by atoms with E-state index in [9.17, 15) is 4.79 Å². The molecule has 0 aromatic heterocycles. The van der Waals surface area contributed by atoms with E-state index in [1.165, 1.54) is 4.42 Å². The summed E-state index contributed by atoms with van der Waals surface area (Å²) in [5, 5.41) is 0. The van der Waals surface area contributed by atoms with Crippen LogP contribution in [-0.2, 0) is 9.53 Å². The number of hydrogen-bond acceptors (Lipinski definition) is 3. The van der Waals surface area contributed by atoms with Gasteiger partial charge < -0.3 is 4.74 Å². The van der Waals surface area contributed by atoms with Gasteiger partial charge in [0.1, 0.15) is 12.1 Å². The van der Waals surface area contributed by atoms with Gasteiger partial charge in [0, 0.05) is 6.42 Å². The number of carbonyl (C=O) groups is 1. The van der Waals surface area contributed by atoms with Crippen LogP contribution in [-0.4, -0.2) is 29.1 Å². The van der Waals surface area contributed by atoms with E-state index in [1.807, 2.05) is 0 Å². The Morgan fingerprint density at radius 1 is 1.78 bits per heavy atom. The van der Waals surface area contributed by atoms with Crippen LogP contribution in [0, 0.1) is 0 Å². The number of rotatable bonds is 0. The molecule has 3 nitrogen and oxygen atoms in total. The van der Waals surface area contributed by atoms with Crippen molar-refractivity contribution in [2.75, 3.05) is 6.54 Å². The smallest absolute Gasteiger partial charge is 0.325 e. The van der Waals surface area contributed by atoms with E-state index in [1.54, 1.807) is 0 Å². The van der Waals surface area contributed by atoms with Crippen LogP contribution in [0.1, 0.15) is 6.42 Å². The van der Waals surface area contributed by atoms with Crippen molar-refractivity contribution in [3.05, 3.63) is 0 Å². The second-order valence-electron chi connectivity index (χ2n) is 2.39. The Balaban J connectivity index is 2.21. The number of esters is 1. The molecule has 0 unspecified atom stereocenters. The molecule has 0 aliphatic carbocycles. The van der Waals surface area contributed by atoms with Gasteiger partial charge in [-0.25, -0.2) is 4.42 Å². The molecular formula is C5H6ClNO2. The summed E-state index contributed by atoms with van der Waals surface area (Å²) >= 11 is 5.64. The Morgan fingerprint density at radius 2 is 2.56 bits per heavy atom. The quantitative estimate of drug-likeness (QED) is 0.361. The summed E-state index contributed by atoms with van der Waals surface area (Å²) in [4.78, 5) is 10.7. The third-order valence-electron chi connectivity index (χ3n) is 1.76. The molecule has 4 heteroatoms. The Kier molecular flexibility index (Phi) is 0.983. The maximum atomic E-state index is 10.7. The fourth-order valence-electron chi connectivity index (χ4n) is 1.30. The average Bonchev–Trinajstić information content (AvgIpc) is 2.22. The van der Waals surface area contributed by atoms with E-state index in [0.717, 1.165) is 6.42 Å². The molecule has 9 heavy (non-hydrogen) atoms. The molecule has 2 atom stereocenters. The molecule has 2 saturated heterocycles.